The molecule has 508 valence electrons. The molecule has 3 heterocycles. The number of ether oxygens (including phenoxy) is 4. The second-order valence-electron chi connectivity index (χ2n) is 25.1. The van der Waals surface area contributed by atoms with E-state index in [9.17, 15) is 33.2 Å². The van der Waals surface area contributed by atoms with Crippen LogP contribution in [0.2, 0.25) is 5.02 Å². The van der Waals surface area contributed by atoms with Crippen LogP contribution >= 0.6 is 11.6 Å². The van der Waals surface area contributed by atoms with Gasteiger partial charge in [-0.1, -0.05) is 121 Å². The number of aromatic nitrogens is 3. The predicted molar refractivity (Wildman–Crippen MR) is 365 cm³/mol. The van der Waals surface area contributed by atoms with Crippen molar-refractivity contribution in [3.8, 4) is 28.5 Å². The van der Waals surface area contributed by atoms with Gasteiger partial charge in [0.15, 0.2) is 11.6 Å². The van der Waals surface area contributed by atoms with E-state index < -0.39 is 75.3 Å². The summed E-state index contributed by atoms with van der Waals surface area (Å²) in [5, 5.41) is 30.1. The second kappa shape index (κ2) is 29.8. The SMILES string of the molecule is CCOC(=O)[C@@]1(Cc2ccc(OCc3cc(C)nc4ccccc34)c(F)c2)C[C@@H]1C(=O)NO.Cc1cc(COc2ccc(C[C@]3(C(N)=O)C[C@@H]3C(=O)NO)cc2Cl)c2ccccc2n1.NC(=O)[C@@]1(Cc2ccc(OCc3cc(-c4ccccc4)nc4ccccc34)cc2)C[C@@H]1C(=O)NO. The minimum atomic E-state index is -1.11. The summed E-state index contributed by atoms with van der Waals surface area (Å²) < 4.78 is 37.8. The summed E-state index contributed by atoms with van der Waals surface area (Å²) in [5.74, 6) is -4.73. The molecule has 0 spiro atoms. The van der Waals surface area contributed by atoms with Crippen LogP contribution in [-0.2, 0) is 72.6 Å². The molecule has 10 N–H and O–H groups in total. The Morgan fingerprint density at radius 2 is 0.919 bits per heavy atom. The lowest BCUT2D eigenvalue weighted by Gasteiger charge is -2.16. The number of hydroxylamine groups is 3. The van der Waals surface area contributed by atoms with E-state index in [0.717, 1.165) is 83.2 Å². The largest absolute Gasteiger partial charge is 0.489 e. The van der Waals surface area contributed by atoms with Crippen molar-refractivity contribution in [3.05, 3.63) is 238 Å². The molecule has 13 rings (SSSR count). The Labute approximate surface area is 573 Å². The smallest absolute Gasteiger partial charge is 0.313 e. The Kier molecular flexibility index (Phi) is 20.9. The van der Waals surface area contributed by atoms with Crippen LogP contribution in [-0.4, -0.2) is 72.7 Å². The number of carbonyl (C=O) groups is 6. The van der Waals surface area contributed by atoms with Gasteiger partial charge in [0.2, 0.25) is 29.5 Å². The Morgan fingerprint density at radius 1 is 0.505 bits per heavy atom. The van der Waals surface area contributed by atoms with Crippen molar-refractivity contribution in [2.24, 2.45) is 45.5 Å². The number of rotatable bonds is 23. The Bertz CT molecular complexity index is 4720. The topological polar surface area (TPSA) is 327 Å². The lowest BCUT2D eigenvalue weighted by molar-refractivity contribution is -0.152. The molecular weight excluding hydrogens is 1290 g/mol. The van der Waals surface area contributed by atoms with Crippen molar-refractivity contribution < 1.29 is 67.7 Å². The molecule has 7 aromatic carbocycles. The summed E-state index contributed by atoms with van der Waals surface area (Å²) in [6.45, 7) is 6.54. The molecule has 0 aliphatic heterocycles. The third-order valence-corrected chi connectivity index (χ3v) is 18.8. The van der Waals surface area contributed by atoms with Crippen molar-refractivity contribution in [2.75, 3.05) is 6.61 Å². The molecule has 0 unspecified atom stereocenters. The van der Waals surface area contributed by atoms with Gasteiger partial charge in [0.25, 0.3) is 0 Å². The highest BCUT2D eigenvalue weighted by molar-refractivity contribution is 6.32. The molecule has 99 heavy (non-hydrogen) atoms. The van der Waals surface area contributed by atoms with E-state index in [-0.39, 0.29) is 38.2 Å². The normalized spacial score (nSPS) is 19.2. The molecule has 3 aliphatic carbocycles. The van der Waals surface area contributed by atoms with Gasteiger partial charge in [0.05, 0.1) is 67.9 Å². The van der Waals surface area contributed by atoms with E-state index in [2.05, 4.69) is 16.0 Å². The number of benzene rings is 7. The van der Waals surface area contributed by atoms with Crippen LogP contribution in [0.4, 0.5) is 4.39 Å². The standard InChI is InChI=1S/C28H25N3O4.C25H25FN2O5.C23H22ClN3O4/c29-27(33)28(16-23(28)26(32)31-34)15-18-10-12-21(13-11-18)35-17-20-14-25(19-6-2-1-3-7-19)30-24-9-5-4-8-22(20)24;1-3-32-24(30)25(13-19(25)23(29)28-31)12-16-8-9-22(20(26)11-16)33-14-17-10-15(2)27-21-7-5-4-6-18(17)21;1-13-8-15(16-4-2-3-5-19(16)26-13)12-31-20-7-6-14(9-18(20)24)10-23(22(25)29)11-17(23)21(28)27-30/h1-14,23,34H,15-17H2,(H2,29,33)(H,31,32);4-11,19,31H,3,12-14H2,1-2H3,(H,28,29);2-9,17,30H,10-12H2,1H3,(H2,25,29)(H,27,28)/t23-,28+;19-,25+;17-,23+/m111/s1. The minimum Gasteiger partial charge on any atom is -0.489 e. The third-order valence-electron chi connectivity index (χ3n) is 18.5. The van der Waals surface area contributed by atoms with Crippen LogP contribution in [0.25, 0.3) is 44.0 Å². The Hall–Kier alpha value is -10.9. The number of fused-ring (bicyclic) bond motifs is 3. The highest BCUT2D eigenvalue weighted by atomic mass is 35.5. The van der Waals surface area contributed by atoms with Crippen molar-refractivity contribution >= 4 is 79.8 Å². The number of pyridine rings is 3. The maximum absolute atomic E-state index is 14.8. The zero-order chi connectivity index (χ0) is 70.2. The number of hydrogen-bond acceptors (Lipinski definition) is 16. The molecule has 3 aliphatic rings. The van der Waals surface area contributed by atoms with Crippen molar-refractivity contribution in [1.29, 1.82) is 0 Å². The Morgan fingerprint density at radius 3 is 1.41 bits per heavy atom. The minimum absolute atomic E-state index is 0.0860. The van der Waals surface area contributed by atoms with Crippen LogP contribution in [0.3, 0.4) is 0 Å². The van der Waals surface area contributed by atoms with Gasteiger partial charge < -0.3 is 30.4 Å². The summed E-state index contributed by atoms with van der Waals surface area (Å²) in [6.07, 6.45) is 1.55. The molecule has 3 fully saturated rings. The monoisotopic (exact) mass is 1360 g/mol. The van der Waals surface area contributed by atoms with Gasteiger partial charge in [-0.3, -0.25) is 54.4 Å². The first-order valence-electron chi connectivity index (χ1n) is 32.0. The number of carbonyl (C=O) groups excluding carboxylic acids is 6. The highest BCUT2D eigenvalue weighted by Gasteiger charge is 2.65. The van der Waals surface area contributed by atoms with Gasteiger partial charge in [0, 0.05) is 49.8 Å². The number of nitrogens with zero attached hydrogens (tertiary/aromatic N) is 3. The van der Waals surface area contributed by atoms with E-state index >= 15 is 0 Å². The second-order valence-corrected chi connectivity index (χ2v) is 25.5. The fourth-order valence-corrected chi connectivity index (χ4v) is 13.3. The number of aryl methyl sites for hydroxylation is 2. The number of primary amides is 2. The summed E-state index contributed by atoms with van der Waals surface area (Å²) >= 11 is 6.43. The average molecular weight is 1360 g/mol. The van der Waals surface area contributed by atoms with Crippen molar-refractivity contribution in [3.63, 3.8) is 0 Å². The molecular formula is C76H72ClFN8O13. The first-order chi connectivity index (χ1) is 47.7. The van der Waals surface area contributed by atoms with Crippen LogP contribution < -0.4 is 42.1 Å². The molecule has 6 atom stereocenters. The molecule has 0 bridgehead atoms. The van der Waals surface area contributed by atoms with Crippen molar-refractivity contribution in [2.45, 2.75) is 79.1 Å². The molecule has 10 aromatic rings. The van der Waals surface area contributed by atoms with Crippen LogP contribution in [0.15, 0.2) is 182 Å². The quantitative estimate of drug-likeness (QED) is 0.0168. The molecule has 5 amide bonds. The fraction of sp³-hybridized carbons (Fsp3) is 0.250. The number of para-hydroxylation sites is 3. The zero-order valence-electron chi connectivity index (χ0n) is 54.3. The van der Waals surface area contributed by atoms with E-state index in [1.165, 1.54) is 12.1 Å². The van der Waals surface area contributed by atoms with Gasteiger partial charge >= 0.3 is 5.97 Å². The molecule has 3 aromatic heterocycles. The molecule has 0 radical (unpaired) electrons. The average Bonchev–Trinajstić information content (AvgIpc) is 1.60. The maximum Gasteiger partial charge on any atom is 0.313 e. The van der Waals surface area contributed by atoms with Crippen LogP contribution in [0, 0.1) is 53.7 Å². The number of nitrogens with two attached hydrogens (primary N) is 2. The van der Waals surface area contributed by atoms with Gasteiger partial charge in [0.1, 0.15) is 31.3 Å². The van der Waals surface area contributed by atoms with Gasteiger partial charge in [-0.25, -0.2) is 25.8 Å². The Balaban J connectivity index is 0.000000150. The number of nitrogens with one attached hydrogen (secondary N) is 3. The summed E-state index contributed by atoms with van der Waals surface area (Å²) in [4.78, 5) is 85.7. The number of hydrogen-bond donors (Lipinski definition) is 8. The first-order valence-corrected chi connectivity index (χ1v) is 32.4. The number of amides is 5. The summed E-state index contributed by atoms with van der Waals surface area (Å²) in [7, 11) is 0. The molecule has 23 heteroatoms. The predicted octanol–water partition coefficient (Wildman–Crippen LogP) is 11.2. The van der Waals surface area contributed by atoms with Gasteiger partial charge in [-0.05, 0) is 149 Å². The van der Waals surface area contributed by atoms with E-state index in [1.807, 2.05) is 153 Å². The number of esters is 1. The lowest BCUT2D eigenvalue weighted by atomic mass is 9.93. The van der Waals surface area contributed by atoms with E-state index in [1.54, 1.807) is 47.6 Å². The third kappa shape index (κ3) is 15.4. The van der Waals surface area contributed by atoms with Crippen LogP contribution in [0.5, 0.6) is 17.2 Å². The molecule has 0 saturated heterocycles. The van der Waals surface area contributed by atoms with Crippen molar-refractivity contribution in [1.82, 2.24) is 31.4 Å². The zero-order valence-corrected chi connectivity index (χ0v) is 55.1. The first kappa shape index (κ1) is 69.4. The summed E-state index contributed by atoms with van der Waals surface area (Å²) in [6, 6.07) is 56.7. The fourth-order valence-electron chi connectivity index (χ4n) is 13.0. The number of halogens is 2. The van der Waals surface area contributed by atoms with E-state index in [0.29, 0.717) is 54.6 Å². The molecule has 3 saturated carbocycles. The van der Waals surface area contributed by atoms with E-state index in [4.69, 9.17) is 62.6 Å². The lowest BCUT2D eigenvalue weighted by Crippen LogP contribution is -2.33. The summed E-state index contributed by atoms with van der Waals surface area (Å²) in [5.41, 5.74) is 24.3. The van der Waals surface area contributed by atoms with Gasteiger partial charge in [-0.15, -0.1) is 0 Å². The van der Waals surface area contributed by atoms with Gasteiger partial charge in [-0.2, -0.15) is 0 Å². The highest BCUT2D eigenvalue weighted by Crippen LogP contribution is 2.57. The van der Waals surface area contributed by atoms with Crippen LogP contribution in [0.1, 0.15) is 71.0 Å². The molecule has 21 nitrogen and oxygen atoms in total. The maximum atomic E-state index is 14.8.